The zero-order valence-corrected chi connectivity index (χ0v) is 7.39. The molecule has 2 aromatic rings. The fraction of sp³-hybridized carbons (Fsp3) is 0.300. The van der Waals surface area contributed by atoms with Crippen LogP contribution in [0.4, 0.5) is 0 Å². The van der Waals surface area contributed by atoms with Gasteiger partial charge in [-0.05, 0) is 31.0 Å². The van der Waals surface area contributed by atoms with Gasteiger partial charge in [-0.25, -0.2) is 0 Å². The van der Waals surface area contributed by atoms with Crippen LogP contribution in [0.5, 0.6) is 0 Å². The second-order valence-electron chi connectivity index (χ2n) is 2.98. The number of rotatable bonds is 1. The van der Waals surface area contributed by atoms with Crippen LogP contribution >= 0.6 is 0 Å². The van der Waals surface area contributed by atoms with E-state index in [0.717, 1.165) is 17.5 Å². The second kappa shape index (κ2) is 2.63. The molecule has 2 aromatic heterocycles. The molecule has 0 saturated carbocycles. The van der Waals surface area contributed by atoms with Crippen molar-refractivity contribution in [1.82, 2.24) is 9.97 Å². The van der Waals surface area contributed by atoms with Crippen molar-refractivity contribution in [3.8, 4) is 0 Å². The van der Waals surface area contributed by atoms with Crippen molar-refractivity contribution >= 4 is 11.0 Å². The van der Waals surface area contributed by atoms with Gasteiger partial charge in [0.15, 0.2) is 0 Å². The number of aromatic nitrogens is 2. The highest BCUT2D eigenvalue weighted by atomic mass is 14.8. The van der Waals surface area contributed by atoms with Crippen LogP contribution in [0.1, 0.15) is 18.2 Å². The molecule has 0 saturated heterocycles. The highest BCUT2D eigenvalue weighted by Crippen LogP contribution is 2.19. The Morgan fingerprint density at radius 3 is 3.08 bits per heavy atom. The van der Waals surface area contributed by atoms with Crippen LogP contribution < -0.4 is 0 Å². The maximum absolute atomic E-state index is 4.34. The van der Waals surface area contributed by atoms with E-state index in [1.165, 1.54) is 11.3 Å². The van der Waals surface area contributed by atoms with E-state index in [1.54, 1.807) is 0 Å². The van der Waals surface area contributed by atoms with Crippen molar-refractivity contribution in [3.63, 3.8) is 0 Å². The van der Waals surface area contributed by atoms with Crippen LogP contribution in [0.25, 0.3) is 11.0 Å². The first-order valence-corrected chi connectivity index (χ1v) is 4.25. The molecule has 0 aliphatic heterocycles. The molecule has 2 nitrogen and oxygen atoms in total. The average molecular weight is 160 g/mol. The van der Waals surface area contributed by atoms with Gasteiger partial charge in [0.05, 0.1) is 11.0 Å². The van der Waals surface area contributed by atoms with Crippen LogP contribution in [-0.4, -0.2) is 9.97 Å². The summed E-state index contributed by atoms with van der Waals surface area (Å²) in [6.07, 6.45) is 2.89. The molecule has 2 heterocycles. The molecule has 0 bridgehead atoms. The zero-order valence-electron chi connectivity index (χ0n) is 7.39. The minimum absolute atomic E-state index is 1.04. The number of aryl methyl sites for hydroxylation is 2. The van der Waals surface area contributed by atoms with Crippen molar-refractivity contribution in [1.29, 1.82) is 0 Å². The number of hydrogen-bond donors (Lipinski definition) is 1. The Bertz CT molecular complexity index is 401. The normalized spacial score (nSPS) is 10.8. The fourth-order valence-corrected chi connectivity index (χ4v) is 1.63. The summed E-state index contributed by atoms with van der Waals surface area (Å²) in [6.45, 7) is 4.25. The van der Waals surface area contributed by atoms with E-state index >= 15 is 0 Å². The van der Waals surface area contributed by atoms with E-state index < -0.39 is 0 Å². The lowest BCUT2D eigenvalue weighted by Crippen LogP contribution is -1.81. The Hall–Kier alpha value is -1.31. The monoisotopic (exact) mass is 160 g/mol. The van der Waals surface area contributed by atoms with Crippen molar-refractivity contribution in [2.75, 3.05) is 0 Å². The third-order valence-corrected chi connectivity index (χ3v) is 2.22. The van der Waals surface area contributed by atoms with E-state index in [2.05, 4.69) is 29.9 Å². The third kappa shape index (κ3) is 0.916. The number of hydrogen-bond acceptors (Lipinski definition) is 1. The molecule has 0 spiro atoms. The lowest BCUT2D eigenvalue weighted by Gasteiger charge is -1.92. The first kappa shape index (κ1) is 7.35. The Labute approximate surface area is 71.6 Å². The van der Waals surface area contributed by atoms with Crippen LogP contribution in [-0.2, 0) is 6.42 Å². The molecule has 1 N–H and O–H groups in total. The van der Waals surface area contributed by atoms with Gasteiger partial charge in [0.1, 0.15) is 0 Å². The molecule has 0 aliphatic rings. The third-order valence-electron chi connectivity index (χ3n) is 2.22. The molecule has 0 amide bonds. The topological polar surface area (TPSA) is 28.7 Å². The molecule has 62 valence electrons. The highest BCUT2D eigenvalue weighted by Gasteiger charge is 2.05. The number of nitrogens with one attached hydrogen (secondary N) is 1. The van der Waals surface area contributed by atoms with Crippen molar-refractivity contribution in [2.24, 2.45) is 0 Å². The Morgan fingerprint density at radius 1 is 1.50 bits per heavy atom. The maximum atomic E-state index is 4.34. The van der Waals surface area contributed by atoms with Crippen molar-refractivity contribution < 1.29 is 0 Å². The molecule has 0 unspecified atom stereocenters. The molecule has 0 aliphatic carbocycles. The fourth-order valence-electron chi connectivity index (χ4n) is 1.63. The Kier molecular flexibility index (Phi) is 1.61. The van der Waals surface area contributed by atoms with E-state index in [-0.39, 0.29) is 0 Å². The minimum Gasteiger partial charge on any atom is -0.357 e. The summed E-state index contributed by atoms with van der Waals surface area (Å²) in [5.41, 5.74) is 4.85. The zero-order chi connectivity index (χ0) is 8.55. The Balaban J connectivity index is 2.81. The maximum Gasteiger partial charge on any atom is 0.0913 e. The number of H-pyrrole nitrogens is 1. The molecule has 12 heavy (non-hydrogen) atoms. The molecule has 0 atom stereocenters. The lowest BCUT2D eigenvalue weighted by molar-refractivity contribution is 1.10. The number of fused-ring (bicyclic) bond motifs is 1. The summed E-state index contributed by atoms with van der Waals surface area (Å²) >= 11 is 0. The van der Waals surface area contributed by atoms with Gasteiger partial charge in [-0.2, -0.15) is 0 Å². The van der Waals surface area contributed by atoms with Gasteiger partial charge in [0.2, 0.25) is 0 Å². The van der Waals surface area contributed by atoms with Gasteiger partial charge < -0.3 is 4.98 Å². The molecule has 0 fully saturated rings. The minimum atomic E-state index is 1.04. The average Bonchev–Trinajstić information content (AvgIpc) is 2.40. The van der Waals surface area contributed by atoms with E-state index in [0.29, 0.717) is 0 Å². The highest BCUT2D eigenvalue weighted by molar-refractivity contribution is 5.80. The van der Waals surface area contributed by atoms with Crippen LogP contribution in [0.15, 0.2) is 18.3 Å². The predicted octanol–water partition coefficient (Wildman–Crippen LogP) is 2.43. The summed E-state index contributed by atoms with van der Waals surface area (Å²) < 4.78 is 0. The largest absolute Gasteiger partial charge is 0.357 e. The summed E-state index contributed by atoms with van der Waals surface area (Å²) in [6, 6.07) is 4.02. The smallest absolute Gasteiger partial charge is 0.0913 e. The van der Waals surface area contributed by atoms with E-state index in [9.17, 15) is 0 Å². The van der Waals surface area contributed by atoms with Gasteiger partial charge in [-0.15, -0.1) is 0 Å². The molecular weight excluding hydrogens is 148 g/mol. The number of pyridine rings is 1. The van der Waals surface area contributed by atoms with Gasteiger partial charge >= 0.3 is 0 Å². The Morgan fingerprint density at radius 2 is 2.33 bits per heavy atom. The molecule has 0 aromatic carbocycles. The van der Waals surface area contributed by atoms with Gasteiger partial charge in [-0.3, -0.25) is 4.98 Å². The molecular formula is C10H12N2. The quantitative estimate of drug-likeness (QED) is 0.682. The first-order chi connectivity index (χ1) is 5.83. The number of aromatic amines is 1. The van der Waals surface area contributed by atoms with E-state index in [4.69, 9.17) is 0 Å². The molecule has 0 radical (unpaired) electrons. The summed E-state index contributed by atoms with van der Waals surface area (Å²) in [4.78, 5) is 7.66. The first-order valence-electron chi connectivity index (χ1n) is 4.25. The van der Waals surface area contributed by atoms with Crippen LogP contribution in [0.2, 0.25) is 0 Å². The summed E-state index contributed by atoms with van der Waals surface area (Å²) in [5, 5.41) is 0. The number of nitrogens with zero attached hydrogens (tertiary/aromatic N) is 1. The van der Waals surface area contributed by atoms with Crippen LogP contribution in [0.3, 0.4) is 0 Å². The van der Waals surface area contributed by atoms with E-state index in [1.807, 2.05) is 12.3 Å². The van der Waals surface area contributed by atoms with Crippen molar-refractivity contribution in [3.05, 3.63) is 29.6 Å². The predicted molar refractivity (Wildman–Crippen MR) is 50.2 cm³/mol. The lowest BCUT2D eigenvalue weighted by atomic mass is 10.2. The van der Waals surface area contributed by atoms with Gasteiger partial charge in [0, 0.05) is 11.9 Å². The van der Waals surface area contributed by atoms with Gasteiger partial charge in [-0.1, -0.05) is 6.92 Å². The van der Waals surface area contributed by atoms with Crippen molar-refractivity contribution in [2.45, 2.75) is 20.3 Å². The molecule has 2 heteroatoms. The SMILES string of the molecule is CCc1c(C)[nH]c2cccnc12. The summed E-state index contributed by atoms with van der Waals surface area (Å²) in [5.74, 6) is 0. The standard InChI is InChI=1S/C10H12N2/c1-3-8-7(2)12-9-5-4-6-11-10(8)9/h4-6,12H,3H2,1-2H3. The summed E-state index contributed by atoms with van der Waals surface area (Å²) in [7, 11) is 0. The van der Waals surface area contributed by atoms with Crippen LogP contribution in [0, 0.1) is 6.92 Å². The van der Waals surface area contributed by atoms with Gasteiger partial charge in [0.25, 0.3) is 0 Å². The molecule has 2 rings (SSSR count). The second-order valence-corrected chi connectivity index (χ2v) is 2.98.